The van der Waals surface area contributed by atoms with Crippen LogP contribution in [0.3, 0.4) is 0 Å². The Morgan fingerprint density at radius 3 is 2.62 bits per heavy atom. The van der Waals surface area contributed by atoms with Crippen LogP contribution in [0.25, 0.3) is 16.8 Å². The van der Waals surface area contributed by atoms with Gasteiger partial charge in [0.05, 0.1) is 23.4 Å². The average Bonchev–Trinajstić information content (AvgIpc) is 3.22. The number of nitrogens with zero attached hydrogens (tertiary/aromatic N) is 2. The number of nitrogens with one attached hydrogen (secondary N) is 2. The third kappa shape index (κ3) is 4.58. The molecule has 3 aromatic rings. The summed E-state index contributed by atoms with van der Waals surface area (Å²) in [7, 11) is 0. The van der Waals surface area contributed by atoms with Gasteiger partial charge in [0.25, 0.3) is 0 Å². The summed E-state index contributed by atoms with van der Waals surface area (Å²) in [5.41, 5.74) is 3.63. The number of hydrogen-bond acceptors (Lipinski definition) is 5. The molecule has 32 heavy (non-hydrogen) atoms. The van der Waals surface area contributed by atoms with Crippen molar-refractivity contribution in [1.82, 2.24) is 15.6 Å². The van der Waals surface area contributed by atoms with E-state index in [0.29, 0.717) is 33.1 Å². The molecule has 4 rings (SSSR count). The summed E-state index contributed by atoms with van der Waals surface area (Å²) in [6.45, 7) is 1.71. The van der Waals surface area contributed by atoms with E-state index in [1.165, 1.54) is 29.5 Å². The number of carbonyl (C=O) groups excluding carboxylic acids is 1. The van der Waals surface area contributed by atoms with E-state index in [-0.39, 0.29) is 5.75 Å². The van der Waals surface area contributed by atoms with Crippen LogP contribution in [0.15, 0.2) is 59.6 Å². The number of amides is 2. The highest BCUT2D eigenvalue weighted by molar-refractivity contribution is 7.11. The molecule has 0 radical (unpaired) electrons. The van der Waals surface area contributed by atoms with Crippen LogP contribution < -0.4 is 15.4 Å². The molecule has 0 saturated heterocycles. The van der Waals surface area contributed by atoms with Gasteiger partial charge in [0.2, 0.25) is 0 Å². The molecule has 162 valence electrons. The highest BCUT2D eigenvalue weighted by atomic mass is 32.1. The van der Waals surface area contributed by atoms with E-state index in [1.807, 2.05) is 5.38 Å². The zero-order valence-corrected chi connectivity index (χ0v) is 17.3. The molecule has 10 heteroatoms. The maximum Gasteiger partial charge on any atom is 0.573 e. The molecule has 1 aliphatic heterocycles. The summed E-state index contributed by atoms with van der Waals surface area (Å²) in [6.07, 6.45) is -4.82. The predicted octanol–water partition coefficient (Wildman–Crippen LogP) is 5.37. The number of halogens is 3. The lowest BCUT2D eigenvalue weighted by Crippen LogP contribution is -2.42. The van der Waals surface area contributed by atoms with Gasteiger partial charge in [-0.25, -0.2) is 9.78 Å². The SMILES string of the molecule is CC1=C(c2nc(-c3ccc(C#N)cc3)cs2)C(c2cccc(OC(F)(F)F)c2)NC(=O)N1. The van der Waals surface area contributed by atoms with E-state index in [9.17, 15) is 18.0 Å². The van der Waals surface area contributed by atoms with Gasteiger partial charge in [-0.2, -0.15) is 5.26 Å². The lowest BCUT2D eigenvalue weighted by molar-refractivity contribution is -0.274. The van der Waals surface area contributed by atoms with Crippen LogP contribution in [0.1, 0.15) is 29.1 Å². The summed E-state index contributed by atoms with van der Waals surface area (Å²) >= 11 is 1.34. The Kier molecular flexibility index (Phi) is 5.59. The molecular weight excluding hydrogens is 441 g/mol. The highest BCUT2D eigenvalue weighted by Gasteiger charge is 2.33. The number of rotatable bonds is 4. The van der Waals surface area contributed by atoms with Crippen LogP contribution in [0.2, 0.25) is 0 Å². The van der Waals surface area contributed by atoms with Crippen LogP contribution in [-0.2, 0) is 0 Å². The van der Waals surface area contributed by atoms with Crippen LogP contribution in [-0.4, -0.2) is 17.4 Å². The predicted molar refractivity (Wildman–Crippen MR) is 112 cm³/mol. The first kappa shape index (κ1) is 21.4. The van der Waals surface area contributed by atoms with Crippen LogP contribution in [0.4, 0.5) is 18.0 Å². The molecule has 0 bridgehead atoms. The smallest absolute Gasteiger partial charge is 0.406 e. The zero-order valence-electron chi connectivity index (χ0n) is 16.5. The first-order chi connectivity index (χ1) is 15.2. The number of nitriles is 1. The molecule has 2 amide bonds. The summed E-state index contributed by atoms with van der Waals surface area (Å²) < 4.78 is 42.0. The first-order valence-corrected chi connectivity index (χ1v) is 10.2. The fourth-order valence-corrected chi connectivity index (χ4v) is 4.33. The van der Waals surface area contributed by atoms with Crippen molar-refractivity contribution in [2.75, 3.05) is 0 Å². The monoisotopic (exact) mass is 456 g/mol. The molecule has 0 aliphatic carbocycles. The van der Waals surface area contributed by atoms with Crippen LogP contribution in [0, 0.1) is 11.3 Å². The Hall–Kier alpha value is -3.84. The van der Waals surface area contributed by atoms with E-state index < -0.39 is 18.4 Å². The minimum absolute atomic E-state index is 0.378. The van der Waals surface area contributed by atoms with Crippen molar-refractivity contribution >= 4 is 22.9 Å². The van der Waals surface area contributed by atoms with Crippen LogP contribution >= 0.6 is 11.3 Å². The van der Waals surface area contributed by atoms with E-state index in [4.69, 9.17) is 5.26 Å². The quantitative estimate of drug-likeness (QED) is 0.553. The molecule has 2 aromatic carbocycles. The van der Waals surface area contributed by atoms with Gasteiger partial charge in [0, 0.05) is 22.2 Å². The fourth-order valence-electron chi connectivity index (χ4n) is 3.36. The molecule has 1 aliphatic rings. The standard InChI is InChI=1S/C22H15F3N4O2S/c1-12-18(20-28-17(11-32-20)14-7-5-13(10-26)6-8-14)19(29-21(30)27-12)15-3-2-4-16(9-15)31-22(23,24)25/h2-9,11,19H,1H3,(H2,27,29,30). The first-order valence-electron chi connectivity index (χ1n) is 9.34. The Balaban J connectivity index is 1.71. The normalized spacial score (nSPS) is 16.2. The second-order valence-corrected chi connectivity index (χ2v) is 7.78. The number of carbonyl (C=O) groups is 1. The summed E-state index contributed by atoms with van der Waals surface area (Å²) in [5, 5.41) is 16.8. The van der Waals surface area contributed by atoms with Gasteiger partial charge in [-0.05, 0) is 36.8 Å². The van der Waals surface area contributed by atoms with Gasteiger partial charge in [-0.1, -0.05) is 24.3 Å². The van der Waals surface area contributed by atoms with E-state index >= 15 is 0 Å². The van der Waals surface area contributed by atoms with E-state index in [2.05, 4.69) is 26.4 Å². The lowest BCUT2D eigenvalue weighted by Gasteiger charge is -2.28. The number of thiazole rings is 1. The molecule has 1 aromatic heterocycles. The largest absolute Gasteiger partial charge is 0.573 e. The van der Waals surface area contributed by atoms with Crippen molar-refractivity contribution in [2.24, 2.45) is 0 Å². The third-order valence-corrected chi connectivity index (χ3v) is 5.61. The number of urea groups is 1. The Labute approximate surface area is 185 Å². The molecule has 1 unspecified atom stereocenters. The molecule has 0 fully saturated rings. The van der Waals surface area contributed by atoms with Gasteiger partial charge in [-0.3, -0.25) is 0 Å². The molecule has 1 atom stereocenters. The molecule has 2 N–H and O–H groups in total. The van der Waals surface area contributed by atoms with Crippen molar-refractivity contribution in [3.05, 3.63) is 75.7 Å². The van der Waals surface area contributed by atoms with E-state index in [1.54, 1.807) is 37.3 Å². The lowest BCUT2D eigenvalue weighted by atomic mass is 9.95. The van der Waals surface area contributed by atoms with Gasteiger partial charge >= 0.3 is 12.4 Å². The Morgan fingerprint density at radius 1 is 1.19 bits per heavy atom. The second-order valence-electron chi connectivity index (χ2n) is 6.92. The summed E-state index contributed by atoms with van der Waals surface area (Å²) in [6, 6.07) is 13.3. The minimum Gasteiger partial charge on any atom is -0.406 e. The Bertz CT molecular complexity index is 1240. The molecule has 2 heterocycles. The third-order valence-electron chi connectivity index (χ3n) is 4.74. The number of ether oxygens (including phenoxy) is 1. The molecule has 0 saturated carbocycles. The fraction of sp³-hybridized carbons (Fsp3) is 0.136. The van der Waals surface area contributed by atoms with Gasteiger partial charge in [0.1, 0.15) is 10.8 Å². The number of allylic oxidation sites excluding steroid dienone is 1. The minimum atomic E-state index is -4.82. The summed E-state index contributed by atoms with van der Waals surface area (Å²) in [5.74, 6) is -0.378. The van der Waals surface area contributed by atoms with Crippen molar-refractivity contribution < 1.29 is 22.7 Å². The van der Waals surface area contributed by atoms with Gasteiger partial charge in [0.15, 0.2) is 0 Å². The Morgan fingerprint density at radius 2 is 1.94 bits per heavy atom. The zero-order chi connectivity index (χ0) is 22.9. The second kappa shape index (κ2) is 8.36. The van der Waals surface area contributed by atoms with E-state index in [0.717, 1.165) is 5.56 Å². The number of aromatic nitrogens is 1. The molecule has 0 spiro atoms. The maximum absolute atomic E-state index is 12.7. The van der Waals surface area contributed by atoms with Crippen molar-refractivity contribution in [3.63, 3.8) is 0 Å². The van der Waals surface area contributed by atoms with Crippen molar-refractivity contribution in [3.8, 4) is 23.1 Å². The summed E-state index contributed by atoms with van der Waals surface area (Å²) in [4.78, 5) is 16.8. The number of hydrogen-bond donors (Lipinski definition) is 2. The topological polar surface area (TPSA) is 87.0 Å². The highest BCUT2D eigenvalue weighted by Crippen LogP contribution is 2.38. The number of benzene rings is 2. The molecule has 6 nitrogen and oxygen atoms in total. The van der Waals surface area contributed by atoms with Gasteiger partial charge < -0.3 is 15.4 Å². The van der Waals surface area contributed by atoms with Crippen LogP contribution in [0.5, 0.6) is 5.75 Å². The van der Waals surface area contributed by atoms with Crippen molar-refractivity contribution in [1.29, 1.82) is 5.26 Å². The molecular formula is C22H15F3N4O2S. The average molecular weight is 456 g/mol. The number of alkyl halides is 3. The van der Waals surface area contributed by atoms with Crippen molar-refractivity contribution in [2.45, 2.75) is 19.3 Å². The maximum atomic E-state index is 12.7. The van der Waals surface area contributed by atoms with Gasteiger partial charge in [-0.15, -0.1) is 24.5 Å².